The molecule has 1 aromatic rings. The van der Waals surface area contributed by atoms with Crippen LogP contribution in [0.3, 0.4) is 0 Å². The maximum absolute atomic E-state index is 12.3. The van der Waals surface area contributed by atoms with Gasteiger partial charge in [-0.15, -0.1) is 0 Å². The van der Waals surface area contributed by atoms with Gasteiger partial charge < -0.3 is 9.05 Å². The normalized spacial score (nSPS) is 22.6. The van der Waals surface area contributed by atoms with E-state index in [1.54, 1.807) is 12.1 Å². The van der Waals surface area contributed by atoms with Gasteiger partial charge in [-0.1, -0.05) is 31.4 Å². The Hall–Kier alpha value is -0.990. The number of fused-ring (bicyclic) bond motifs is 1. The van der Waals surface area contributed by atoms with Gasteiger partial charge in [0.15, 0.2) is 11.5 Å². The molecule has 4 nitrogen and oxygen atoms in total. The van der Waals surface area contributed by atoms with Crippen LogP contribution in [0, 0.1) is 0 Å². The van der Waals surface area contributed by atoms with Gasteiger partial charge in [-0.05, 0) is 25.0 Å². The van der Waals surface area contributed by atoms with Crippen LogP contribution >= 0.6 is 7.82 Å². The number of phosphoric ester groups is 1. The van der Waals surface area contributed by atoms with E-state index in [0.717, 1.165) is 25.7 Å². The van der Waals surface area contributed by atoms with Crippen molar-refractivity contribution in [1.82, 2.24) is 0 Å². The molecule has 0 spiro atoms. The minimum atomic E-state index is -3.42. The standard InChI is InChI=1S/C12H15O4P/c13-17(14-10-6-2-1-3-7-10)15-11-8-4-5-9-12(11)16-17/h4-5,8-10H,1-3,6-7H2. The van der Waals surface area contributed by atoms with E-state index in [4.69, 9.17) is 13.6 Å². The summed E-state index contributed by atoms with van der Waals surface area (Å²) in [4.78, 5) is 0. The van der Waals surface area contributed by atoms with Gasteiger partial charge in [0.2, 0.25) is 0 Å². The van der Waals surface area contributed by atoms with Gasteiger partial charge in [-0.3, -0.25) is 4.52 Å². The lowest BCUT2D eigenvalue weighted by Crippen LogP contribution is -2.17. The van der Waals surface area contributed by atoms with Crippen molar-refractivity contribution in [3.63, 3.8) is 0 Å². The summed E-state index contributed by atoms with van der Waals surface area (Å²) in [6.07, 6.45) is 5.35. The molecular weight excluding hydrogens is 239 g/mol. The van der Waals surface area contributed by atoms with Crippen molar-refractivity contribution in [2.24, 2.45) is 0 Å². The summed E-state index contributed by atoms with van der Waals surface area (Å²) >= 11 is 0. The van der Waals surface area contributed by atoms with Crippen molar-refractivity contribution in [3.05, 3.63) is 24.3 Å². The number of hydrogen-bond acceptors (Lipinski definition) is 4. The molecule has 2 aliphatic rings. The van der Waals surface area contributed by atoms with Crippen molar-refractivity contribution in [2.45, 2.75) is 38.2 Å². The second-order valence-corrected chi connectivity index (χ2v) is 5.91. The molecule has 92 valence electrons. The highest BCUT2D eigenvalue weighted by atomic mass is 31.2. The van der Waals surface area contributed by atoms with E-state index in [9.17, 15) is 4.57 Å². The summed E-state index contributed by atoms with van der Waals surface area (Å²) in [7, 11) is -3.42. The molecule has 1 heterocycles. The average molecular weight is 254 g/mol. The second-order valence-electron chi connectivity index (χ2n) is 4.44. The molecule has 0 bridgehead atoms. The zero-order chi connectivity index (χ0) is 11.7. The minimum Gasteiger partial charge on any atom is -0.391 e. The van der Waals surface area contributed by atoms with E-state index in [2.05, 4.69) is 0 Å². The van der Waals surface area contributed by atoms with Crippen molar-refractivity contribution in [2.75, 3.05) is 0 Å². The largest absolute Gasteiger partial charge is 0.588 e. The Labute approximate surface area is 100 Å². The summed E-state index contributed by atoms with van der Waals surface area (Å²) < 4.78 is 28.4. The Kier molecular flexibility index (Phi) is 2.85. The van der Waals surface area contributed by atoms with E-state index in [0.29, 0.717) is 11.5 Å². The first-order chi connectivity index (χ1) is 8.25. The molecule has 0 saturated heterocycles. The molecule has 0 radical (unpaired) electrons. The lowest BCUT2D eigenvalue weighted by molar-refractivity contribution is 0.119. The topological polar surface area (TPSA) is 44.8 Å². The molecule has 0 atom stereocenters. The van der Waals surface area contributed by atoms with Crippen molar-refractivity contribution >= 4 is 7.82 Å². The first-order valence-electron chi connectivity index (χ1n) is 6.02. The quantitative estimate of drug-likeness (QED) is 0.750. The van der Waals surface area contributed by atoms with Crippen LogP contribution in [0.25, 0.3) is 0 Å². The van der Waals surface area contributed by atoms with Gasteiger partial charge in [0.1, 0.15) is 0 Å². The number of para-hydroxylation sites is 2. The molecule has 3 rings (SSSR count). The molecule has 1 aliphatic carbocycles. The maximum atomic E-state index is 12.3. The maximum Gasteiger partial charge on any atom is 0.588 e. The third-order valence-electron chi connectivity index (χ3n) is 3.10. The highest BCUT2D eigenvalue weighted by molar-refractivity contribution is 7.49. The summed E-state index contributed by atoms with van der Waals surface area (Å²) in [6.45, 7) is 0. The SMILES string of the molecule is O=P1(OC2CCCCC2)Oc2ccccc2O1. The number of benzene rings is 1. The molecule has 5 heteroatoms. The lowest BCUT2D eigenvalue weighted by Gasteiger charge is -2.23. The molecule has 0 N–H and O–H groups in total. The third kappa shape index (κ3) is 2.33. The van der Waals surface area contributed by atoms with E-state index >= 15 is 0 Å². The number of rotatable bonds is 2. The van der Waals surface area contributed by atoms with Crippen LogP contribution in [0.1, 0.15) is 32.1 Å². The van der Waals surface area contributed by atoms with Crippen LogP contribution in [0.5, 0.6) is 11.5 Å². The molecule has 17 heavy (non-hydrogen) atoms. The molecular formula is C12H15O4P. The van der Waals surface area contributed by atoms with Gasteiger partial charge in [-0.25, -0.2) is 4.57 Å². The van der Waals surface area contributed by atoms with E-state index in [-0.39, 0.29) is 6.10 Å². The van der Waals surface area contributed by atoms with Crippen LogP contribution in [-0.4, -0.2) is 6.10 Å². The molecule has 1 aromatic carbocycles. The van der Waals surface area contributed by atoms with E-state index < -0.39 is 7.82 Å². The van der Waals surface area contributed by atoms with Crippen molar-refractivity contribution in [3.8, 4) is 11.5 Å². The van der Waals surface area contributed by atoms with Crippen LogP contribution in [0.15, 0.2) is 24.3 Å². The Morgan fingerprint density at radius 1 is 1.06 bits per heavy atom. The van der Waals surface area contributed by atoms with Crippen LogP contribution in [0.2, 0.25) is 0 Å². The monoisotopic (exact) mass is 254 g/mol. The van der Waals surface area contributed by atoms with Crippen molar-refractivity contribution in [1.29, 1.82) is 0 Å². The van der Waals surface area contributed by atoms with E-state index in [1.807, 2.05) is 12.1 Å². The highest BCUT2D eigenvalue weighted by Crippen LogP contribution is 2.59. The Balaban J connectivity index is 1.70. The highest BCUT2D eigenvalue weighted by Gasteiger charge is 2.41. The predicted molar refractivity (Wildman–Crippen MR) is 63.3 cm³/mol. The molecule has 1 saturated carbocycles. The fourth-order valence-corrected chi connectivity index (χ4v) is 3.74. The summed E-state index contributed by atoms with van der Waals surface area (Å²) in [5, 5.41) is 0. The van der Waals surface area contributed by atoms with Gasteiger partial charge in [0.05, 0.1) is 6.10 Å². The number of hydrogen-bond donors (Lipinski definition) is 0. The molecule has 0 unspecified atom stereocenters. The summed E-state index contributed by atoms with van der Waals surface area (Å²) in [5.41, 5.74) is 0. The smallest absolute Gasteiger partial charge is 0.391 e. The molecule has 0 aromatic heterocycles. The Morgan fingerprint density at radius 2 is 1.65 bits per heavy atom. The van der Waals surface area contributed by atoms with Gasteiger partial charge >= 0.3 is 7.82 Å². The Bertz CT molecular complexity index is 425. The summed E-state index contributed by atoms with van der Waals surface area (Å²) in [5.74, 6) is 1.01. The van der Waals surface area contributed by atoms with Crippen LogP contribution < -0.4 is 9.05 Å². The minimum absolute atomic E-state index is 0.00361. The Morgan fingerprint density at radius 3 is 2.24 bits per heavy atom. The average Bonchev–Trinajstić information content (AvgIpc) is 2.66. The first-order valence-corrected chi connectivity index (χ1v) is 7.48. The van der Waals surface area contributed by atoms with Crippen molar-refractivity contribution < 1.29 is 18.1 Å². The van der Waals surface area contributed by atoms with Gasteiger partial charge in [-0.2, -0.15) is 0 Å². The number of phosphoric acid groups is 1. The fraction of sp³-hybridized carbons (Fsp3) is 0.500. The predicted octanol–water partition coefficient (Wildman–Crippen LogP) is 3.92. The summed E-state index contributed by atoms with van der Waals surface area (Å²) in [6, 6.07) is 7.11. The zero-order valence-electron chi connectivity index (χ0n) is 9.50. The second kappa shape index (κ2) is 4.35. The van der Waals surface area contributed by atoms with Crippen LogP contribution in [-0.2, 0) is 9.09 Å². The van der Waals surface area contributed by atoms with Crippen LogP contribution in [0.4, 0.5) is 0 Å². The lowest BCUT2D eigenvalue weighted by atomic mass is 9.98. The molecule has 0 amide bonds. The first kappa shape index (κ1) is 11.1. The zero-order valence-corrected chi connectivity index (χ0v) is 10.4. The fourth-order valence-electron chi connectivity index (χ4n) is 2.26. The third-order valence-corrected chi connectivity index (χ3v) is 4.50. The van der Waals surface area contributed by atoms with E-state index in [1.165, 1.54) is 6.42 Å². The van der Waals surface area contributed by atoms with Gasteiger partial charge in [0.25, 0.3) is 0 Å². The molecule has 1 aliphatic heterocycles. The van der Waals surface area contributed by atoms with Gasteiger partial charge in [0, 0.05) is 0 Å². The molecule has 1 fully saturated rings.